The molecule has 1 fully saturated rings. The van der Waals surface area contributed by atoms with E-state index in [0.717, 1.165) is 28.3 Å². The van der Waals surface area contributed by atoms with Gasteiger partial charge in [-0.3, -0.25) is 4.79 Å². The second kappa shape index (κ2) is 5.72. The molecule has 17 heavy (non-hydrogen) atoms. The van der Waals surface area contributed by atoms with E-state index in [1.165, 1.54) is 0 Å². The highest BCUT2D eigenvalue weighted by molar-refractivity contribution is 9.11. The van der Waals surface area contributed by atoms with E-state index < -0.39 is 0 Å². The van der Waals surface area contributed by atoms with Gasteiger partial charge >= 0.3 is 0 Å². The Hall–Kier alpha value is -0.0600. The maximum Gasteiger partial charge on any atom is 0.255 e. The summed E-state index contributed by atoms with van der Waals surface area (Å²) in [6.07, 6.45) is 2.04. The first kappa shape index (κ1) is 13.4. The molecule has 2 nitrogen and oxygen atoms in total. The lowest BCUT2D eigenvalue weighted by Gasteiger charge is -2.23. The number of rotatable bonds is 2. The molecule has 0 aliphatic carbocycles. The van der Waals surface area contributed by atoms with Crippen molar-refractivity contribution in [1.82, 2.24) is 4.90 Å². The van der Waals surface area contributed by atoms with Crippen LogP contribution < -0.4 is 0 Å². The van der Waals surface area contributed by atoms with Crippen molar-refractivity contribution in [1.29, 1.82) is 0 Å². The number of hydrogen-bond donors (Lipinski definition) is 0. The highest BCUT2D eigenvalue weighted by atomic mass is 79.9. The number of carbonyl (C=O) groups excluding carboxylic acids is 1. The third-order valence-electron chi connectivity index (χ3n) is 2.98. The molecular formula is C12H12Br2ClNO. The number of likely N-dealkylation sites (tertiary alicyclic amines) is 1. The monoisotopic (exact) mass is 379 g/mol. The number of alkyl halides is 1. The Kier molecular flexibility index (Phi) is 4.50. The van der Waals surface area contributed by atoms with Crippen molar-refractivity contribution in [2.24, 2.45) is 0 Å². The van der Waals surface area contributed by atoms with E-state index >= 15 is 0 Å². The zero-order chi connectivity index (χ0) is 12.4. The first-order valence-corrected chi connectivity index (χ1v) is 7.57. The average molecular weight is 381 g/mol. The van der Waals surface area contributed by atoms with Gasteiger partial charge in [-0.15, -0.1) is 11.6 Å². The topological polar surface area (TPSA) is 20.3 Å². The molecular weight excluding hydrogens is 369 g/mol. The van der Waals surface area contributed by atoms with E-state index in [1.54, 1.807) is 0 Å². The number of amides is 1. The van der Waals surface area contributed by atoms with E-state index in [-0.39, 0.29) is 11.9 Å². The van der Waals surface area contributed by atoms with Crippen molar-refractivity contribution in [2.75, 3.05) is 12.4 Å². The lowest BCUT2D eigenvalue weighted by atomic mass is 10.2. The molecule has 1 amide bonds. The lowest BCUT2D eigenvalue weighted by Crippen LogP contribution is -2.36. The van der Waals surface area contributed by atoms with E-state index in [4.69, 9.17) is 11.6 Å². The summed E-state index contributed by atoms with van der Waals surface area (Å²) in [6, 6.07) is 5.78. The fourth-order valence-electron chi connectivity index (χ4n) is 2.08. The molecule has 0 spiro atoms. The van der Waals surface area contributed by atoms with Crippen molar-refractivity contribution in [3.8, 4) is 0 Å². The van der Waals surface area contributed by atoms with Gasteiger partial charge in [-0.05, 0) is 47.0 Å². The van der Waals surface area contributed by atoms with E-state index in [1.807, 2.05) is 23.1 Å². The number of halogens is 3. The van der Waals surface area contributed by atoms with Crippen molar-refractivity contribution in [3.63, 3.8) is 0 Å². The van der Waals surface area contributed by atoms with Crippen molar-refractivity contribution >= 4 is 49.4 Å². The standard InChI is InChI=1S/C12H12Br2ClNO/c13-8-3-4-10(11(14)6-8)12(17)16-5-1-2-9(16)7-15/h3-4,6,9H,1-2,5,7H2. The molecule has 1 aromatic rings. The SMILES string of the molecule is O=C(c1ccc(Br)cc1Br)N1CCCC1CCl. The average Bonchev–Trinajstić information content (AvgIpc) is 2.76. The van der Waals surface area contributed by atoms with E-state index in [0.29, 0.717) is 11.4 Å². The summed E-state index contributed by atoms with van der Waals surface area (Å²) in [7, 11) is 0. The van der Waals surface area contributed by atoms with Gasteiger partial charge in [0.15, 0.2) is 0 Å². The quantitative estimate of drug-likeness (QED) is 0.708. The molecule has 92 valence electrons. The van der Waals surface area contributed by atoms with Gasteiger partial charge in [0, 0.05) is 27.4 Å². The minimum Gasteiger partial charge on any atom is -0.334 e. The summed E-state index contributed by atoms with van der Waals surface area (Å²) in [5.41, 5.74) is 0.699. The molecule has 0 aromatic heterocycles. The predicted molar refractivity (Wildman–Crippen MR) is 76.6 cm³/mol. The van der Waals surface area contributed by atoms with Gasteiger partial charge < -0.3 is 4.90 Å². The third-order valence-corrected chi connectivity index (χ3v) is 4.48. The number of nitrogens with zero attached hydrogens (tertiary/aromatic N) is 1. The molecule has 1 aromatic carbocycles. The van der Waals surface area contributed by atoms with Crippen LogP contribution in [0.3, 0.4) is 0 Å². The molecule has 1 atom stereocenters. The number of carbonyl (C=O) groups is 1. The summed E-state index contributed by atoms with van der Waals surface area (Å²) in [5, 5.41) is 0. The summed E-state index contributed by atoms with van der Waals surface area (Å²) < 4.78 is 1.77. The first-order valence-electron chi connectivity index (χ1n) is 5.45. The second-order valence-electron chi connectivity index (χ2n) is 4.07. The fourth-order valence-corrected chi connectivity index (χ4v) is 3.62. The van der Waals surface area contributed by atoms with Crippen LogP contribution in [-0.4, -0.2) is 29.3 Å². The first-order chi connectivity index (χ1) is 8.13. The molecule has 0 bridgehead atoms. The summed E-state index contributed by atoms with van der Waals surface area (Å²) in [4.78, 5) is 14.2. The summed E-state index contributed by atoms with van der Waals surface area (Å²) in [6.45, 7) is 0.804. The van der Waals surface area contributed by atoms with Gasteiger partial charge in [0.2, 0.25) is 0 Å². The van der Waals surface area contributed by atoms with Crippen molar-refractivity contribution in [2.45, 2.75) is 18.9 Å². The largest absolute Gasteiger partial charge is 0.334 e. The molecule has 5 heteroatoms. The molecule has 1 aliphatic heterocycles. The van der Waals surface area contributed by atoms with Crippen molar-refractivity contribution < 1.29 is 4.79 Å². The van der Waals surface area contributed by atoms with Gasteiger partial charge in [-0.1, -0.05) is 15.9 Å². The third kappa shape index (κ3) is 2.85. The fraction of sp³-hybridized carbons (Fsp3) is 0.417. The molecule has 1 aliphatic rings. The Morgan fingerprint density at radius 2 is 2.24 bits per heavy atom. The zero-order valence-corrected chi connectivity index (χ0v) is 13.1. The van der Waals surface area contributed by atoms with Gasteiger partial charge in [0.25, 0.3) is 5.91 Å². The van der Waals surface area contributed by atoms with Gasteiger partial charge in [0.1, 0.15) is 0 Å². The number of hydrogen-bond acceptors (Lipinski definition) is 1. The van der Waals surface area contributed by atoms with Crippen LogP contribution in [0.15, 0.2) is 27.1 Å². The Labute approximate surface area is 123 Å². The Balaban J connectivity index is 2.24. The normalized spacial score (nSPS) is 19.7. The molecule has 0 N–H and O–H groups in total. The Morgan fingerprint density at radius 1 is 1.47 bits per heavy atom. The predicted octanol–water partition coefficient (Wildman–Crippen LogP) is 4.06. The van der Waals surface area contributed by atoms with Crippen LogP contribution in [0.4, 0.5) is 0 Å². The maximum atomic E-state index is 12.4. The van der Waals surface area contributed by atoms with Crippen LogP contribution in [0.25, 0.3) is 0 Å². The minimum absolute atomic E-state index is 0.0625. The van der Waals surface area contributed by atoms with Crippen LogP contribution in [0.5, 0.6) is 0 Å². The van der Waals surface area contributed by atoms with Crippen LogP contribution in [-0.2, 0) is 0 Å². The second-order valence-corrected chi connectivity index (χ2v) is 6.15. The van der Waals surface area contributed by atoms with Gasteiger partial charge in [-0.2, -0.15) is 0 Å². The molecule has 1 unspecified atom stereocenters. The van der Waals surface area contributed by atoms with Crippen LogP contribution >= 0.6 is 43.5 Å². The smallest absolute Gasteiger partial charge is 0.255 e. The molecule has 2 rings (SSSR count). The highest BCUT2D eigenvalue weighted by Gasteiger charge is 2.29. The van der Waals surface area contributed by atoms with E-state index in [2.05, 4.69) is 31.9 Å². The molecule has 0 radical (unpaired) electrons. The Bertz CT molecular complexity index is 439. The molecule has 1 heterocycles. The summed E-state index contributed by atoms with van der Waals surface area (Å²) in [5.74, 6) is 0.576. The van der Waals surface area contributed by atoms with Crippen LogP contribution in [0.2, 0.25) is 0 Å². The maximum absolute atomic E-state index is 12.4. The number of benzene rings is 1. The van der Waals surface area contributed by atoms with Gasteiger partial charge in [0.05, 0.1) is 5.56 Å². The zero-order valence-electron chi connectivity index (χ0n) is 9.13. The highest BCUT2D eigenvalue weighted by Crippen LogP contribution is 2.26. The molecule has 1 saturated heterocycles. The van der Waals surface area contributed by atoms with Crippen molar-refractivity contribution in [3.05, 3.63) is 32.7 Å². The minimum atomic E-state index is 0.0625. The molecule has 0 saturated carbocycles. The summed E-state index contributed by atoms with van der Waals surface area (Å²) >= 11 is 12.7. The van der Waals surface area contributed by atoms with Crippen LogP contribution in [0, 0.1) is 0 Å². The van der Waals surface area contributed by atoms with E-state index in [9.17, 15) is 4.79 Å². The lowest BCUT2D eigenvalue weighted by molar-refractivity contribution is 0.0748. The van der Waals surface area contributed by atoms with Crippen LogP contribution in [0.1, 0.15) is 23.2 Å². The van der Waals surface area contributed by atoms with Gasteiger partial charge in [-0.25, -0.2) is 0 Å². The Morgan fingerprint density at radius 3 is 2.88 bits per heavy atom.